The van der Waals surface area contributed by atoms with E-state index < -0.39 is 0 Å². The van der Waals surface area contributed by atoms with Crippen LogP contribution in [-0.4, -0.2) is 37.7 Å². The second-order valence-electron chi connectivity index (χ2n) is 8.69. The van der Waals surface area contributed by atoms with E-state index in [0.717, 1.165) is 39.3 Å². The number of pyridine rings is 1. The molecule has 7 nitrogen and oxygen atoms in total. The van der Waals surface area contributed by atoms with Gasteiger partial charge in [0.2, 0.25) is 0 Å². The van der Waals surface area contributed by atoms with Crippen molar-refractivity contribution < 1.29 is 4.79 Å². The van der Waals surface area contributed by atoms with Gasteiger partial charge in [-0.05, 0) is 84.8 Å². The van der Waals surface area contributed by atoms with E-state index in [4.69, 9.17) is 0 Å². The summed E-state index contributed by atoms with van der Waals surface area (Å²) < 4.78 is 0. The predicted molar refractivity (Wildman–Crippen MR) is 153 cm³/mol. The molecule has 182 valence electrons. The summed E-state index contributed by atoms with van der Waals surface area (Å²) in [7, 11) is 4.03. The highest BCUT2D eigenvalue weighted by Gasteiger charge is 2.09. The summed E-state index contributed by atoms with van der Waals surface area (Å²) in [4.78, 5) is 23.4. The van der Waals surface area contributed by atoms with Crippen molar-refractivity contribution in [2.45, 2.75) is 0 Å². The number of anilines is 5. The number of aliphatic imine (C=N–C) groups is 1. The van der Waals surface area contributed by atoms with Crippen LogP contribution < -0.4 is 20.9 Å². The van der Waals surface area contributed by atoms with E-state index in [-0.39, 0.29) is 5.91 Å². The van der Waals surface area contributed by atoms with Gasteiger partial charge < -0.3 is 20.9 Å². The zero-order valence-electron chi connectivity index (χ0n) is 20.6. The molecule has 0 saturated heterocycles. The number of nitrogens with zero attached hydrogens (tertiary/aromatic N) is 3. The van der Waals surface area contributed by atoms with Crippen molar-refractivity contribution in [2.75, 3.05) is 41.5 Å². The molecule has 0 unspecified atom stereocenters. The van der Waals surface area contributed by atoms with Crippen LogP contribution in [0.1, 0.15) is 10.4 Å². The smallest absolute Gasteiger partial charge is 0.255 e. The lowest BCUT2D eigenvalue weighted by molar-refractivity contribution is 0.102. The summed E-state index contributed by atoms with van der Waals surface area (Å²) >= 11 is 0. The van der Waals surface area contributed by atoms with Gasteiger partial charge in [0.25, 0.3) is 5.91 Å². The van der Waals surface area contributed by atoms with Crippen molar-refractivity contribution in [1.82, 2.24) is 4.98 Å². The van der Waals surface area contributed by atoms with Gasteiger partial charge >= 0.3 is 0 Å². The lowest BCUT2D eigenvalue weighted by Gasteiger charge is -2.15. The van der Waals surface area contributed by atoms with Crippen LogP contribution in [0.2, 0.25) is 0 Å². The monoisotopic (exact) mass is 486 g/mol. The number of allylic oxidation sites excluding steroid dienone is 2. The van der Waals surface area contributed by atoms with Crippen molar-refractivity contribution >= 4 is 51.5 Å². The fraction of sp³-hybridized carbons (Fsp3) is 0.100. The minimum atomic E-state index is -0.175. The van der Waals surface area contributed by atoms with Crippen molar-refractivity contribution in [3.8, 4) is 11.8 Å². The van der Waals surface area contributed by atoms with Crippen LogP contribution in [0, 0.1) is 11.8 Å². The molecule has 0 bridgehead atoms. The first-order chi connectivity index (χ1) is 18.0. The zero-order chi connectivity index (χ0) is 25.6. The summed E-state index contributed by atoms with van der Waals surface area (Å²) in [5.74, 6) is 5.81. The van der Waals surface area contributed by atoms with E-state index in [1.54, 1.807) is 24.5 Å². The van der Waals surface area contributed by atoms with Gasteiger partial charge in [-0.15, -0.1) is 0 Å². The van der Waals surface area contributed by atoms with Gasteiger partial charge in [-0.3, -0.25) is 14.8 Å². The first-order valence-electron chi connectivity index (χ1n) is 11.9. The molecule has 0 spiro atoms. The maximum atomic E-state index is 12.8. The number of fused-ring (bicyclic) bond motifs is 1. The molecule has 0 fully saturated rings. The van der Waals surface area contributed by atoms with Gasteiger partial charge in [0.15, 0.2) is 0 Å². The number of carbonyl (C=O) groups is 1. The van der Waals surface area contributed by atoms with Crippen LogP contribution in [0.25, 0.3) is 10.9 Å². The second-order valence-corrected chi connectivity index (χ2v) is 8.69. The number of hydrogen-bond acceptors (Lipinski definition) is 6. The average Bonchev–Trinajstić information content (AvgIpc) is 3.19. The van der Waals surface area contributed by atoms with Gasteiger partial charge in [-0.25, -0.2) is 0 Å². The van der Waals surface area contributed by atoms with Gasteiger partial charge in [0.05, 0.1) is 11.2 Å². The van der Waals surface area contributed by atoms with E-state index in [1.165, 1.54) is 0 Å². The number of nitrogens with one attached hydrogen (secondary N) is 3. The Kier molecular flexibility index (Phi) is 6.82. The largest absolute Gasteiger partial charge is 0.378 e. The van der Waals surface area contributed by atoms with E-state index >= 15 is 0 Å². The maximum Gasteiger partial charge on any atom is 0.255 e. The zero-order valence-corrected chi connectivity index (χ0v) is 20.6. The second kappa shape index (κ2) is 10.7. The highest BCUT2D eigenvalue weighted by Crippen LogP contribution is 2.28. The molecule has 0 radical (unpaired) electrons. The van der Waals surface area contributed by atoms with Crippen LogP contribution in [-0.2, 0) is 0 Å². The van der Waals surface area contributed by atoms with Crippen molar-refractivity contribution in [3.05, 3.63) is 96.3 Å². The van der Waals surface area contributed by atoms with Crippen LogP contribution in [0.3, 0.4) is 0 Å². The van der Waals surface area contributed by atoms with Crippen LogP contribution in [0.5, 0.6) is 0 Å². The molecule has 2 heterocycles. The number of amides is 1. The molecule has 1 aromatic heterocycles. The Hall–Kier alpha value is -5.09. The highest BCUT2D eigenvalue weighted by atomic mass is 16.1. The van der Waals surface area contributed by atoms with Crippen molar-refractivity contribution in [2.24, 2.45) is 4.99 Å². The maximum absolute atomic E-state index is 12.8. The summed E-state index contributed by atoms with van der Waals surface area (Å²) in [5.41, 5.74) is 6.80. The highest BCUT2D eigenvalue weighted by molar-refractivity contribution is 6.04. The molecule has 1 aliphatic rings. The van der Waals surface area contributed by atoms with Crippen LogP contribution in [0.4, 0.5) is 28.4 Å². The average molecular weight is 487 g/mol. The molecule has 1 aliphatic heterocycles. The minimum Gasteiger partial charge on any atom is -0.378 e. The third-order valence-corrected chi connectivity index (χ3v) is 5.83. The molecule has 0 aliphatic carbocycles. The third kappa shape index (κ3) is 5.77. The van der Waals surface area contributed by atoms with Gasteiger partial charge in [-0.2, -0.15) is 0 Å². The molecule has 4 aromatic rings. The quantitative estimate of drug-likeness (QED) is 0.293. The molecule has 7 heteroatoms. The van der Waals surface area contributed by atoms with Gasteiger partial charge in [0.1, 0.15) is 6.54 Å². The Labute approximate surface area is 216 Å². The molecule has 5 rings (SSSR count). The topological polar surface area (TPSA) is 81.7 Å². The summed E-state index contributed by atoms with van der Waals surface area (Å²) in [6.45, 7) is 0.502. The summed E-state index contributed by atoms with van der Waals surface area (Å²) in [5, 5.41) is 10.7. The number of rotatable bonds is 7. The SMILES string of the molecule is CN(C)c1ccc2nccc(Nc3ccc(C(=O)Nc4ccc(NC5=CC=NCC#C5)cc4)cc3)c2c1. The lowest BCUT2D eigenvalue weighted by atomic mass is 10.1. The van der Waals surface area contributed by atoms with E-state index in [1.807, 2.05) is 68.7 Å². The summed E-state index contributed by atoms with van der Waals surface area (Å²) in [6.07, 6.45) is 5.36. The number of hydrogen-bond donors (Lipinski definition) is 3. The number of benzene rings is 3. The first-order valence-corrected chi connectivity index (χ1v) is 11.9. The molecule has 3 N–H and O–H groups in total. The molecule has 0 atom stereocenters. The van der Waals surface area contributed by atoms with Crippen LogP contribution >= 0.6 is 0 Å². The Morgan fingerprint density at radius 2 is 1.62 bits per heavy atom. The molecule has 37 heavy (non-hydrogen) atoms. The molecule has 0 saturated carbocycles. The Morgan fingerprint density at radius 3 is 2.41 bits per heavy atom. The fourth-order valence-electron chi connectivity index (χ4n) is 3.85. The van der Waals surface area contributed by atoms with E-state index in [0.29, 0.717) is 17.8 Å². The molecular weight excluding hydrogens is 460 g/mol. The number of aromatic nitrogens is 1. The summed E-state index contributed by atoms with van der Waals surface area (Å²) in [6, 6.07) is 23.0. The Morgan fingerprint density at radius 1 is 0.892 bits per heavy atom. The molecule has 1 amide bonds. The normalized spacial score (nSPS) is 12.1. The van der Waals surface area contributed by atoms with E-state index in [9.17, 15) is 4.79 Å². The number of carbonyl (C=O) groups excluding carboxylic acids is 1. The van der Waals surface area contributed by atoms with Gasteiger partial charge in [0, 0.05) is 65.9 Å². The van der Waals surface area contributed by atoms with Crippen LogP contribution in [0.15, 0.2) is 95.8 Å². The van der Waals surface area contributed by atoms with Gasteiger partial charge in [-0.1, -0.05) is 5.92 Å². The molecular formula is C30H26N6O. The third-order valence-electron chi connectivity index (χ3n) is 5.83. The van der Waals surface area contributed by atoms with E-state index in [2.05, 4.69) is 54.8 Å². The predicted octanol–water partition coefficient (Wildman–Crippen LogP) is 5.68. The minimum absolute atomic E-state index is 0.175. The standard InChI is InChI=1S/C30H26N6O/c1-36(2)26-13-14-28-27(20-26)29(16-19-32-28)34-24-7-5-21(6-8-24)30(37)35-25-11-9-23(10-12-25)33-22-4-3-17-31-18-15-22/h5-16,18-20,33H,17H2,1-2H3,(H,32,34)(H,35,37). The van der Waals surface area contributed by atoms with Crippen molar-refractivity contribution in [3.63, 3.8) is 0 Å². The Balaban J connectivity index is 1.24. The van der Waals surface area contributed by atoms with Crippen molar-refractivity contribution in [1.29, 1.82) is 0 Å². The lowest BCUT2D eigenvalue weighted by Crippen LogP contribution is -2.11. The molecule has 3 aromatic carbocycles. The fourth-order valence-corrected chi connectivity index (χ4v) is 3.85. The Bertz CT molecular complexity index is 1560. The first kappa shape index (κ1) is 23.6.